The second kappa shape index (κ2) is 7.80. The lowest BCUT2D eigenvalue weighted by Gasteiger charge is -2.27. The summed E-state index contributed by atoms with van der Waals surface area (Å²) in [5, 5.41) is 2.78. The molecule has 2 aromatic rings. The second-order valence-electron chi connectivity index (χ2n) is 9.33. The standard InChI is InChI=1S/C21H22F5N5OS2/c1-10-14(11-4-5-28-13(6-11)18(2,3)21(24,25)26)34-16(29-10)30-17(32)31-9-19(8-20(19,22)23)7-12(31)15(27)33/h4-6,12H,7-9H2,1-3H3,(H2,27,33)(H,29,30,32)/t12-,19?/m0/s1. The number of aromatic nitrogens is 2. The summed E-state index contributed by atoms with van der Waals surface area (Å²) in [4.78, 5) is 22.8. The Kier molecular flexibility index (Phi) is 5.67. The molecule has 1 saturated carbocycles. The van der Waals surface area contributed by atoms with Crippen molar-refractivity contribution in [3.05, 3.63) is 29.7 Å². The van der Waals surface area contributed by atoms with Gasteiger partial charge in [0.1, 0.15) is 5.41 Å². The molecule has 2 aliphatic rings. The predicted molar refractivity (Wildman–Crippen MR) is 122 cm³/mol. The van der Waals surface area contributed by atoms with Gasteiger partial charge in [-0.05, 0) is 44.9 Å². The fourth-order valence-electron chi connectivity index (χ4n) is 4.16. The zero-order valence-electron chi connectivity index (χ0n) is 18.5. The van der Waals surface area contributed by atoms with Crippen molar-refractivity contribution in [2.75, 3.05) is 11.9 Å². The molecule has 0 bridgehead atoms. The molecule has 3 heterocycles. The summed E-state index contributed by atoms with van der Waals surface area (Å²) in [5.41, 5.74) is 3.05. The first-order valence-corrected chi connectivity index (χ1v) is 11.6. The quantitative estimate of drug-likeness (QED) is 0.425. The lowest BCUT2D eigenvalue weighted by Crippen LogP contribution is -2.44. The number of nitrogens with two attached hydrogens (primary N) is 1. The number of likely N-dealkylation sites (tertiary alicyclic amines) is 1. The lowest BCUT2D eigenvalue weighted by molar-refractivity contribution is -0.181. The number of rotatable bonds is 4. The van der Waals surface area contributed by atoms with E-state index in [2.05, 4.69) is 15.3 Å². The van der Waals surface area contributed by atoms with Crippen molar-refractivity contribution in [3.63, 3.8) is 0 Å². The zero-order valence-corrected chi connectivity index (χ0v) is 20.1. The van der Waals surface area contributed by atoms with Gasteiger partial charge in [0, 0.05) is 19.2 Å². The van der Waals surface area contributed by atoms with Crippen molar-refractivity contribution in [2.45, 2.75) is 57.2 Å². The van der Waals surface area contributed by atoms with E-state index in [-0.39, 0.29) is 35.2 Å². The number of nitrogens with zero attached hydrogens (tertiary/aromatic N) is 3. The number of aryl methyl sites for hydroxylation is 1. The summed E-state index contributed by atoms with van der Waals surface area (Å²) in [6.45, 7) is 3.58. The molecule has 0 aromatic carbocycles. The zero-order chi connectivity index (χ0) is 25.3. The maximum absolute atomic E-state index is 13.9. The fourth-order valence-corrected chi connectivity index (χ4v) is 5.33. The number of anilines is 1. The molecule has 1 unspecified atom stereocenters. The van der Waals surface area contributed by atoms with Crippen LogP contribution in [0.3, 0.4) is 0 Å². The first-order valence-electron chi connectivity index (χ1n) is 10.3. The monoisotopic (exact) mass is 519 g/mol. The van der Waals surface area contributed by atoms with Crippen LogP contribution in [0.1, 0.15) is 38.1 Å². The Labute approximate surface area is 201 Å². The maximum atomic E-state index is 13.9. The van der Waals surface area contributed by atoms with Gasteiger partial charge in [-0.1, -0.05) is 23.6 Å². The highest BCUT2D eigenvalue weighted by Crippen LogP contribution is 2.66. The molecule has 3 N–H and O–H groups in total. The van der Waals surface area contributed by atoms with Gasteiger partial charge in [0.15, 0.2) is 5.13 Å². The number of hydrogen-bond donors (Lipinski definition) is 2. The van der Waals surface area contributed by atoms with Gasteiger partial charge in [-0.25, -0.2) is 18.6 Å². The molecule has 1 aliphatic carbocycles. The molecule has 2 fully saturated rings. The van der Waals surface area contributed by atoms with Gasteiger partial charge in [0.05, 0.1) is 32.7 Å². The van der Waals surface area contributed by atoms with Crippen LogP contribution in [0.2, 0.25) is 0 Å². The van der Waals surface area contributed by atoms with Gasteiger partial charge in [-0.3, -0.25) is 10.3 Å². The number of nitrogens with one attached hydrogen (secondary N) is 1. The van der Waals surface area contributed by atoms with Gasteiger partial charge in [0.25, 0.3) is 5.92 Å². The molecule has 1 aliphatic heterocycles. The molecule has 2 aromatic heterocycles. The predicted octanol–water partition coefficient (Wildman–Crippen LogP) is 5.27. The van der Waals surface area contributed by atoms with E-state index in [0.717, 1.165) is 25.2 Å². The third-order valence-electron chi connectivity index (χ3n) is 6.62. The minimum atomic E-state index is -4.49. The molecule has 4 rings (SSSR count). The molecular formula is C21H22F5N5OS2. The maximum Gasteiger partial charge on any atom is 0.399 e. The number of thiazole rings is 1. The van der Waals surface area contributed by atoms with Gasteiger partial charge in [-0.2, -0.15) is 13.2 Å². The molecule has 2 amide bonds. The van der Waals surface area contributed by atoms with E-state index in [9.17, 15) is 26.7 Å². The Morgan fingerprint density at radius 2 is 2.00 bits per heavy atom. The Hall–Kier alpha value is -2.41. The number of hydrogen-bond acceptors (Lipinski definition) is 5. The van der Waals surface area contributed by atoms with Crippen LogP contribution in [0.15, 0.2) is 18.3 Å². The van der Waals surface area contributed by atoms with Crippen molar-refractivity contribution >= 4 is 39.7 Å². The summed E-state index contributed by atoms with van der Waals surface area (Å²) in [6.07, 6.45) is -3.52. The average Bonchev–Trinajstić information content (AvgIpc) is 3.02. The van der Waals surface area contributed by atoms with E-state index < -0.39 is 35.0 Å². The number of carbonyl (C=O) groups excluding carboxylic acids is 1. The molecule has 184 valence electrons. The van der Waals surface area contributed by atoms with Crippen LogP contribution in [0, 0.1) is 12.3 Å². The SMILES string of the molecule is Cc1nc(NC(=O)N2CC3(C[C@H]2C(N)=S)CC3(F)F)sc1-c1ccnc(C(C)(C)C(F)(F)F)c1. The third-order valence-corrected chi connectivity index (χ3v) is 8.01. The van der Waals surface area contributed by atoms with Crippen molar-refractivity contribution in [1.29, 1.82) is 0 Å². The van der Waals surface area contributed by atoms with Gasteiger partial charge >= 0.3 is 12.2 Å². The Morgan fingerprint density at radius 3 is 2.56 bits per heavy atom. The van der Waals surface area contributed by atoms with Gasteiger partial charge in [0.2, 0.25) is 0 Å². The highest BCUT2D eigenvalue weighted by atomic mass is 32.1. The van der Waals surface area contributed by atoms with E-state index in [4.69, 9.17) is 18.0 Å². The number of thiocarbonyl (C=S) groups is 1. The smallest absolute Gasteiger partial charge is 0.392 e. The van der Waals surface area contributed by atoms with E-state index in [1.54, 1.807) is 13.0 Å². The summed E-state index contributed by atoms with van der Waals surface area (Å²) in [7, 11) is 0. The van der Waals surface area contributed by atoms with Gasteiger partial charge < -0.3 is 10.6 Å². The molecule has 2 atom stereocenters. The number of carbonyl (C=O) groups is 1. The number of urea groups is 1. The molecule has 1 saturated heterocycles. The van der Waals surface area contributed by atoms with Crippen LogP contribution in [0.4, 0.5) is 31.9 Å². The number of pyridine rings is 1. The van der Waals surface area contributed by atoms with E-state index in [0.29, 0.717) is 16.1 Å². The average molecular weight is 520 g/mol. The molecule has 13 heteroatoms. The van der Waals surface area contributed by atoms with Crippen LogP contribution >= 0.6 is 23.6 Å². The van der Waals surface area contributed by atoms with Crippen molar-refractivity contribution in [1.82, 2.24) is 14.9 Å². The van der Waals surface area contributed by atoms with Crippen molar-refractivity contribution in [2.24, 2.45) is 11.1 Å². The minimum Gasteiger partial charge on any atom is -0.392 e. The second-order valence-corrected chi connectivity index (χ2v) is 10.8. The summed E-state index contributed by atoms with van der Waals surface area (Å²) in [6, 6.07) is 1.45. The highest BCUT2D eigenvalue weighted by molar-refractivity contribution is 7.80. The van der Waals surface area contributed by atoms with Crippen LogP contribution in [0.5, 0.6) is 0 Å². The first-order chi connectivity index (χ1) is 15.6. The topological polar surface area (TPSA) is 84.1 Å². The van der Waals surface area contributed by atoms with Crippen LogP contribution < -0.4 is 11.1 Å². The van der Waals surface area contributed by atoms with E-state index in [1.165, 1.54) is 17.2 Å². The Bertz CT molecular complexity index is 1160. The van der Waals surface area contributed by atoms with Gasteiger partial charge in [-0.15, -0.1) is 0 Å². The molecule has 1 spiro atoms. The normalized spacial score (nSPS) is 23.9. The Balaban J connectivity index is 1.56. The van der Waals surface area contributed by atoms with Crippen LogP contribution in [-0.2, 0) is 5.41 Å². The molecule has 34 heavy (non-hydrogen) atoms. The molecule has 6 nitrogen and oxygen atoms in total. The number of halogens is 5. The number of alkyl halides is 5. The van der Waals surface area contributed by atoms with E-state index >= 15 is 0 Å². The lowest BCUT2D eigenvalue weighted by atomic mass is 9.87. The minimum absolute atomic E-state index is 0.000314. The molecule has 0 radical (unpaired) electrons. The summed E-state index contributed by atoms with van der Waals surface area (Å²) >= 11 is 6.05. The summed E-state index contributed by atoms with van der Waals surface area (Å²) in [5.74, 6) is -2.86. The fraction of sp³-hybridized carbons (Fsp3) is 0.524. The Morgan fingerprint density at radius 1 is 1.35 bits per heavy atom. The highest BCUT2D eigenvalue weighted by Gasteiger charge is 2.75. The largest absolute Gasteiger partial charge is 0.399 e. The summed E-state index contributed by atoms with van der Waals surface area (Å²) < 4.78 is 68.2. The van der Waals surface area contributed by atoms with Crippen LogP contribution in [0.25, 0.3) is 10.4 Å². The molecular weight excluding hydrogens is 497 g/mol. The first kappa shape index (κ1) is 24.7. The van der Waals surface area contributed by atoms with Crippen molar-refractivity contribution in [3.8, 4) is 10.4 Å². The van der Waals surface area contributed by atoms with E-state index in [1.807, 2.05) is 0 Å². The van der Waals surface area contributed by atoms with Crippen LogP contribution in [-0.4, -0.2) is 50.6 Å². The van der Waals surface area contributed by atoms with Crippen molar-refractivity contribution < 1.29 is 26.7 Å². The third kappa shape index (κ3) is 4.02. The number of amides is 2.